The number of amides is 1. The third-order valence-electron chi connectivity index (χ3n) is 3.98. The van der Waals surface area contributed by atoms with Crippen LogP contribution in [0.15, 0.2) is 70.7 Å². The van der Waals surface area contributed by atoms with Crippen molar-refractivity contribution in [3.63, 3.8) is 0 Å². The Morgan fingerprint density at radius 3 is 2.73 bits per heavy atom. The van der Waals surface area contributed by atoms with Crippen LogP contribution in [0.2, 0.25) is 0 Å². The van der Waals surface area contributed by atoms with Crippen LogP contribution in [0.4, 0.5) is 5.69 Å². The summed E-state index contributed by atoms with van der Waals surface area (Å²) in [6.07, 6.45) is 3.75. The number of hydrogen-bond donors (Lipinski definition) is 1. The maximum atomic E-state index is 12.3. The van der Waals surface area contributed by atoms with Crippen LogP contribution in [0.25, 0.3) is 17.0 Å². The molecule has 126 valence electrons. The van der Waals surface area contributed by atoms with E-state index in [9.17, 15) is 4.79 Å². The van der Waals surface area contributed by atoms with Crippen molar-refractivity contribution in [1.82, 2.24) is 9.88 Å². The molecule has 3 aromatic rings. The monoisotopic (exact) mass is 358 g/mol. The molecular formula is C20H14N4OS. The van der Waals surface area contributed by atoms with Crippen molar-refractivity contribution in [3.8, 4) is 6.07 Å². The molecule has 0 unspecified atom stereocenters. The predicted octanol–water partition coefficient (Wildman–Crippen LogP) is 4.06. The maximum absolute atomic E-state index is 12.3. The van der Waals surface area contributed by atoms with Crippen molar-refractivity contribution in [2.75, 3.05) is 0 Å². The van der Waals surface area contributed by atoms with Crippen molar-refractivity contribution in [2.45, 2.75) is 6.54 Å². The smallest absolute Gasteiger partial charge is 0.264 e. The second-order valence-corrected chi connectivity index (χ2v) is 6.74. The van der Waals surface area contributed by atoms with Gasteiger partial charge in [-0.05, 0) is 36.0 Å². The summed E-state index contributed by atoms with van der Waals surface area (Å²) in [6, 6.07) is 19.5. The van der Waals surface area contributed by atoms with Gasteiger partial charge in [0.15, 0.2) is 5.17 Å². The fourth-order valence-corrected chi connectivity index (χ4v) is 3.67. The molecule has 0 atom stereocenters. The van der Waals surface area contributed by atoms with E-state index in [2.05, 4.69) is 16.4 Å². The topological polar surface area (TPSA) is 70.2 Å². The van der Waals surface area contributed by atoms with Crippen LogP contribution in [-0.4, -0.2) is 15.6 Å². The lowest BCUT2D eigenvalue weighted by Crippen LogP contribution is -2.19. The first-order valence-electron chi connectivity index (χ1n) is 8.04. The molecule has 1 aliphatic rings. The normalized spacial score (nSPS) is 17.0. The second-order valence-electron chi connectivity index (χ2n) is 5.70. The van der Waals surface area contributed by atoms with Gasteiger partial charge in [0.25, 0.3) is 5.91 Å². The first-order valence-corrected chi connectivity index (χ1v) is 8.86. The van der Waals surface area contributed by atoms with Crippen molar-refractivity contribution in [1.29, 1.82) is 5.26 Å². The molecule has 2 heterocycles. The molecule has 1 aromatic heterocycles. The van der Waals surface area contributed by atoms with E-state index in [1.54, 1.807) is 0 Å². The fourth-order valence-electron chi connectivity index (χ4n) is 2.84. The fraction of sp³-hybridized carbons (Fsp3) is 0.0500. The van der Waals surface area contributed by atoms with Crippen LogP contribution >= 0.6 is 11.8 Å². The Balaban J connectivity index is 1.69. The average Bonchev–Trinajstić information content (AvgIpc) is 3.17. The number of benzene rings is 2. The van der Waals surface area contributed by atoms with Gasteiger partial charge in [0.1, 0.15) is 6.54 Å². The van der Waals surface area contributed by atoms with E-state index >= 15 is 0 Å². The van der Waals surface area contributed by atoms with E-state index in [-0.39, 0.29) is 12.5 Å². The number of hydrogen-bond acceptors (Lipinski definition) is 4. The zero-order chi connectivity index (χ0) is 17.9. The zero-order valence-corrected chi connectivity index (χ0v) is 14.5. The third kappa shape index (κ3) is 3.13. The van der Waals surface area contributed by atoms with Crippen LogP contribution in [0.1, 0.15) is 5.56 Å². The first-order chi connectivity index (χ1) is 12.7. The van der Waals surface area contributed by atoms with Gasteiger partial charge in [-0.2, -0.15) is 5.26 Å². The minimum Gasteiger partial charge on any atom is -0.333 e. The van der Waals surface area contributed by atoms with Crippen molar-refractivity contribution < 1.29 is 4.79 Å². The summed E-state index contributed by atoms with van der Waals surface area (Å²) >= 11 is 1.32. The molecule has 1 N–H and O–H groups in total. The summed E-state index contributed by atoms with van der Waals surface area (Å²) in [5, 5.41) is 13.4. The number of nitrogens with one attached hydrogen (secondary N) is 1. The molecule has 1 fully saturated rings. The van der Waals surface area contributed by atoms with Gasteiger partial charge < -0.3 is 9.88 Å². The highest BCUT2D eigenvalue weighted by Gasteiger charge is 2.24. The number of aromatic nitrogens is 1. The molecule has 0 bridgehead atoms. The average molecular weight is 358 g/mol. The van der Waals surface area contributed by atoms with Crippen LogP contribution in [0, 0.1) is 11.3 Å². The highest BCUT2D eigenvalue weighted by atomic mass is 32.2. The molecule has 0 saturated carbocycles. The van der Waals surface area contributed by atoms with Gasteiger partial charge in [0, 0.05) is 22.7 Å². The number of nitrogens with zero attached hydrogens (tertiary/aromatic N) is 3. The Bertz CT molecular complexity index is 1090. The highest BCUT2D eigenvalue weighted by Crippen LogP contribution is 2.30. The number of fused-ring (bicyclic) bond motifs is 1. The van der Waals surface area contributed by atoms with E-state index in [0.717, 1.165) is 22.2 Å². The third-order valence-corrected chi connectivity index (χ3v) is 4.89. The number of carbonyl (C=O) groups excluding carboxylic acids is 1. The maximum Gasteiger partial charge on any atom is 0.264 e. The lowest BCUT2D eigenvalue weighted by Gasteiger charge is -1.96. The zero-order valence-electron chi connectivity index (χ0n) is 13.7. The number of carbonyl (C=O) groups is 1. The number of aliphatic imine (C=N–C) groups is 1. The molecule has 1 amide bonds. The summed E-state index contributed by atoms with van der Waals surface area (Å²) in [4.78, 5) is 17.3. The minimum absolute atomic E-state index is 0.165. The molecule has 2 aromatic carbocycles. The van der Waals surface area contributed by atoms with E-state index in [1.807, 2.05) is 71.4 Å². The SMILES string of the molecule is N#CCn1cc(C=C2SC(=Nc3ccccc3)NC2=O)c2ccccc21. The molecule has 4 rings (SSSR count). The molecular weight excluding hydrogens is 344 g/mol. The lowest BCUT2D eigenvalue weighted by molar-refractivity contribution is -0.115. The molecule has 0 radical (unpaired) electrons. The largest absolute Gasteiger partial charge is 0.333 e. The van der Waals surface area contributed by atoms with Gasteiger partial charge in [-0.15, -0.1) is 0 Å². The Morgan fingerprint density at radius 2 is 1.92 bits per heavy atom. The molecule has 5 nitrogen and oxygen atoms in total. The Kier molecular flexibility index (Phi) is 4.30. The number of nitriles is 1. The van der Waals surface area contributed by atoms with Crippen molar-refractivity contribution in [2.24, 2.45) is 4.99 Å². The first kappa shape index (κ1) is 16.2. The minimum atomic E-state index is -0.165. The predicted molar refractivity (Wildman–Crippen MR) is 105 cm³/mol. The molecule has 26 heavy (non-hydrogen) atoms. The Hall–Kier alpha value is -3.30. The van der Waals surface area contributed by atoms with Crippen molar-refractivity contribution in [3.05, 3.63) is 71.3 Å². The van der Waals surface area contributed by atoms with Crippen LogP contribution < -0.4 is 5.32 Å². The van der Waals surface area contributed by atoms with Gasteiger partial charge in [-0.1, -0.05) is 36.4 Å². The van der Waals surface area contributed by atoms with Crippen LogP contribution in [-0.2, 0) is 11.3 Å². The summed E-state index contributed by atoms with van der Waals surface area (Å²) in [5.41, 5.74) is 2.68. The van der Waals surface area contributed by atoms with Gasteiger partial charge in [0.2, 0.25) is 0 Å². The van der Waals surface area contributed by atoms with E-state index in [0.29, 0.717) is 10.1 Å². The van der Waals surface area contributed by atoms with Crippen molar-refractivity contribution >= 4 is 45.5 Å². The van der Waals surface area contributed by atoms with Gasteiger partial charge in [-0.3, -0.25) is 4.79 Å². The standard InChI is InChI=1S/C20H14N4OS/c21-10-11-24-13-14(16-8-4-5-9-17(16)24)12-18-19(25)23-20(26-18)22-15-6-2-1-3-7-15/h1-9,12-13H,11H2,(H,22,23,25). The van der Waals surface area contributed by atoms with E-state index < -0.39 is 0 Å². The number of para-hydroxylation sites is 2. The summed E-state index contributed by atoms with van der Waals surface area (Å²) in [5.74, 6) is -0.165. The highest BCUT2D eigenvalue weighted by molar-refractivity contribution is 8.18. The summed E-state index contributed by atoms with van der Waals surface area (Å²) in [7, 11) is 0. The molecule has 0 spiro atoms. The van der Waals surface area contributed by atoms with Gasteiger partial charge in [0.05, 0.1) is 16.7 Å². The molecule has 6 heteroatoms. The quantitative estimate of drug-likeness (QED) is 0.718. The van der Waals surface area contributed by atoms with E-state index in [4.69, 9.17) is 5.26 Å². The Morgan fingerprint density at radius 1 is 1.15 bits per heavy atom. The second kappa shape index (κ2) is 6.90. The van der Waals surface area contributed by atoms with Crippen LogP contribution in [0.5, 0.6) is 0 Å². The summed E-state index contributed by atoms with van der Waals surface area (Å²) in [6.45, 7) is 0.268. The molecule has 0 aliphatic carbocycles. The lowest BCUT2D eigenvalue weighted by atomic mass is 10.1. The number of rotatable bonds is 3. The van der Waals surface area contributed by atoms with Gasteiger partial charge in [-0.25, -0.2) is 4.99 Å². The molecule has 1 aliphatic heterocycles. The van der Waals surface area contributed by atoms with Gasteiger partial charge >= 0.3 is 0 Å². The number of amidine groups is 1. The molecule has 1 saturated heterocycles. The summed E-state index contributed by atoms with van der Waals surface area (Å²) < 4.78 is 1.89. The van der Waals surface area contributed by atoms with Crippen LogP contribution in [0.3, 0.4) is 0 Å². The number of thioether (sulfide) groups is 1. The Labute approximate surface area is 154 Å². The van der Waals surface area contributed by atoms with E-state index in [1.165, 1.54) is 11.8 Å².